The van der Waals surface area contributed by atoms with E-state index in [9.17, 15) is 0 Å². The molecule has 0 saturated carbocycles. The minimum absolute atomic E-state index is 0.668. The third-order valence-corrected chi connectivity index (χ3v) is 3.56. The fraction of sp³-hybridized carbons (Fsp3) is 0.0909. The first-order valence-corrected chi connectivity index (χ1v) is 6.28. The summed E-state index contributed by atoms with van der Waals surface area (Å²) in [6.07, 6.45) is 3.48. The lowest BCUT2D eigenvalue weighted by molar-refractivity contribution is 1.11. The standard InChI is InChI=1S/C11H9ClN4S/c12-10-5-14-11(17-10)6-13-8-2-1-3-9-7(8)4-15-16-9/h1-5,13H,6H2,(H,15,16). The number of hydrogen-bond acceptors (Lipinski definition) is 4. The normalized spacial score (nSPS) is 10.9. The van der Waals surface area contributed by atoms with E-state index in [0.717, 1.165) is 21.6 Å². The molecule has 2 N–H and O–H groups in total. The Labute approximate surface area is 107 Å². The van der Waals surface area contributed by atoms with Gasteiger partial charge in [0.2, 0.25) is 0 Å². The fourth-order valence-corrected chi connectivity index (χ4v) is 2.56. The highest BCUT2D eigenvalue weighted by Crippen LogP contribution is 2.23. The van der Waals surface area contributed by atoms with Crippen molar-refractivity contribution in [3.05, 3.63) is 39.9 Å². The van der Waals surface area contributed by atoms with E-state index in [1.165, 1.54) is 11.3 Å². The molecule has 0 atom stereocenters. The second-order valence-corrected chi connectivity index (χ2v) is 5.29. The number of benzene rings is 1. The van der Waals surface area contributed by atoms with Gasteiger partial charge in [0, 0.05) is 11.1 Å². The van der Waals surface area contributed by atoms with Gasteiger partial charge in [-0.3, -0.25) is 5.10 Å². The second-order valence-electron chi connectivity index (χ2n) is 3.55. The van der Waals surface area contributed by atoms with E-state index in [1.54, 1.807) is 6.20 Å². The Bertz CT molecular complexity index is 646. The van der Waals surface area contributed by atoms with Gasteiger partial charge in [-0.15, -0.1) is 11.3 Å². The van der Waals surface area contributed by atoms with Gasteiger partial charge in [0.15, 0.2) is 0 Å². The van der Waals surface area contributed by atoms with Crippen LogP contribution in [-0.2, 0) is 6.54 Å². The molecule has 2 heterocycles. The number of nitrogens with one attached hydrogen (secondary N) is 2. The molecule has 0 radical (unpaired) electrons. The molecule has 1 aromatic carbocycles. The van der Waals surface area contributed by atoms with E-state index in [1.807, 2.05) is 24.4 Å². The van der Waals surface area contributed by atoms with Crippen LogP contribution >= 0.6 is 22.9 Å². The van der Waals surface area contributed by atoms with Crippen LogP contribution in [0.5, 0.6) is 0 Å². The molecule has 0 unspecified atom stereocenters. The summed E-state index contributed by atoms with van der Waals surface area (Å²) < 4.78 is 0.711. The molecule has 17 heavy (non-hydrogen) atoms. The largest absolute Gasteiger partial charge is 0.378 e. The van der Waals surface area contributed by atoms with Crippen LogP contribution in [0.15, 0.2) is 30.6 Å². The summed E-state index contributed by atoms with van der Waals surface area (Å²) in [5, 5.41) is 12.3. The maximum Gasteiger partial charge on any atom is 0.113 e. The Morgan fingerprint density at radius 1 is 1.35 bits per heavy atom. The number of H-pyrrole nitrogens is 1. The highest BCUT2D eigenvalue weighted by molar-refractivity contribution is 7.15. The molecule has 0 fully saturated rings. The van der Waals surface area contributed by atoms with Crippen LogP contribution in [0.2, 0.25) is 4.34 Å². The van der Waals surface area contributed by atoms with E-state index in [0.29, 0.717) is 10.9 Å². The Hall–Kier alpha value is -1.59. The number of anilines is 1. The highest BCUT2D eigenvalue weighted by atomic mass is 35.5. The molecule has 0 aliphatic rings. The number of halogens is 1. The second kappa shape index (κ2) is 4.35. The van der Waals surface area contributed by atoms with Gasteiger partial charge >= 0.3 is 0 Å². The van der Waals surface area contributed by atoms with Crippen molar-refractivity contribution in [2.24, 2.45) is 0 Å². The van der Waals surface area contributed by atoms with Crippen LogP contribution < -0.4 is 5.32 Å². The highest BCUT2D eigenvalue weighted by Gasteiger charge is 2.03. The third kappa shape index (κ3) is 2.11. The molecule has 0 amide bonds. The third-order valence-electron chi connectivity index (χ3n) is 2.44. The molecule has 2 aromatic heterocycles. The van der Waals surface area contributed by atoms with Gasteiger partial charge in [-0.1, -0.05) is 17.7 Å². The summed E-state index contributed by atoms with van der Waals surface area (Å²) in [5.41, 5.74) is 2.06. The fourth-order valence-electron chi connectivity index (χ4n) is 1.66. The number of aromatic amines is 1. The van der Waals surface area contributed by atoms with Crippen LogP contribution in [-0.4, -0.2) is 15.2 Å². The molecule has 0 spiro atoms. The van der Waals surface area contributed by atoms with Crippen LogP contribution in [0.1, 0.15) is 5.01 Å². The van der Waals surface area contributed by atoms with Crippen molar-refractivity contribution in [2.75, 3.05) is 5.32 Å². The van der Waals surface area contributed by atoms with Crippen molar-refractivity contribution in [3.63, 3.8) is 0 Å². The quantitative estimate of drug-likeness (QED) is 0.763. The van der Waals surface area contributed by atoms with Crippen molar-refractivity contribution < 1.29 is 0 Å². The Morgan fingerprint density at radius 2 is 2.29 bits per heavy atom. The average Bonchev–Trinajstić information content (AvgIpc) is 2.94. The van der Waals surface area contributed by atoms with Gasteiger partial charge in [-0.25, -0.2) is 4.98 Å². The Morgan fingerprint density at radius 3 is 3.12 bits per heavy atom. The first-order chi connectivity index (χ1) is 8.33. The van der Waals surface area contributed by atoms with E-state index in [2.05, 4.69) is 20.5 Å². The smallest absolute Gasteiger partial charge is 0.113 e. The van der Waals surface area contributed by atoms with Gasteiger partial charge in [0.1, 0.15) is 9.34 Å². The molecule has 6 heteroatoms. The Balaban J connectivity index is 1.83. The zero-order valence-corrected chi connectivity index (χ0v) is 10.3. The maximum atomic E-state index is 5.83. The summed E-state index contributed by atoms with van der Waals surface area (Å²) >= 11 is 7.32. The first-order valence-electron chi connectivity index (χ1n) is 5.09. The van der Waals surface area contributed by atoms with E-state index >= 15 is 0 Å². The molecule has 4 nitrogen and oxygen atoms in total. The number of thiazole rings is 1. The predicted molar refractivity (Wildman–Crippen MR) is 70.5 cm³/mol. The van der Waals surface area contributed by atoms with Crippen LogP contribution in [0.4, 0.5) is 5.69 Å². The lowest BCUT2D eigenvalue weighted by atomic mass is 10.2. The molecule has 3 aromatic rings. The van der Waals surface area contributed by atoms with Gasteiger partial charge in [0.05, 0.1) is 24.5 Å². The van der Waals surface area contributed by atoms with Gasteiger partial charge in [0.25, 0.3) is 0 Å². The monoisotopic (exact) mass is 264 g/mol. The lowest BCUT2D eigenvalue weighted by Gasteiger charge is -2.04. The summed E-state index contributed by atoms with van der Waals surface area (Å²) in [6, 6.07) is 6.00. The number of rotatable bonds is 3. The first kappa shape index (κ1) is 10.6. The van der Waals surface area contributed by atoms with Crippen LogP contribution in [0.25, 0.3) is 10.9 Å². The Kier molecular flexibility index (Phi) is 2.70. The van der Waals surface area contributed by atoms with Crippen molar-refractivity contribution >= 4 is 39.5 Å². The SMILES string of the molecule is Clc1cnc(CNc2cccc3[nH]ncc23)s1. The average molecular weight is 265 g/mol. The van der Waals surface area contributed by atoms with Gasteiger partial charge in [-0.05, 0) is 12.1 Å². The van der Waals surface area contributed by atoms with Crippen molar-refractivity contribution in [3.8, 4) is 0 Å². The molecule has 3 rings (SSSR count). The zero-order valence-electron chi connectivity index (χ0n) is 8.77. The van der Waals surface area contributed by atoms with E-state index < -0.39 is 0 Å². The number of aromatic nitrogens is 3. The van der Waals surface area contributed by atoms with Gasteiger partial charge < -0.3 is 5.32 Å². The topological polar surface area (TPSA) is 53.6 Å². The molecule has 86 valence electrons. The summed E-state index contributed by atoms with van der Waals surface area (Å²) in [6.45, 7) is 0.668. The maximum absolute atomic E-state index is 5.83. The van der Waals surface area contributed by atoms with Gasteiger partial charge in [-0.2, -0.15) is 5.10 Å². The molecule has 0 aliphatic heterocycles. The molecule has 0 saturated heterocycles. The zero-order chi connectivity index (χ0) is 11.7. The van der Waals surface area contributed by atoms with Crippen molar-refractivity contribution in [1.82, 2.24) is 15.2 Å². The predicted octanol–water partition coefficient (Wildman–Crippen LogP) is 3.28. The number of fused-ring (bicyclic) bond motifs is 1. The van der Waals surface area contributed by atoms with Crippen molar-refractivity contribution in [1.29, 1.82) is 0 Å². The number of hydrogen-bond donors (Lipinski definition) is 2. The van der Waals surface area contributed by atoms with Crippen LogP contribution in [0, 0.1) is 0 Å². The van der Waals surface area contributed by atoms with Crippen LogP contribution in [0.3, 0.4) is 0 Å². The summed E-state index contributed by atoms with van der Waals surface area (Å²) in [4.78, 5) is 4.20. The molecule has 0 aliphatic carbocycles. The van der Waals surface area contributed by atoms with E-state index in [4.69, 9.17) is 11.6 Å². The number of nitrogens with zero attached hydrogens (tertiary/aromatic N) is 2. The molecular formula is C11H9ClN4S. The molecule has 0 bridgehead atoms. The molecular weight excluding hydrogens is 256 g/mol. The summed E-state index contributed by atoms with van der Waals surface area (Å²) in [5.74, 6) is 0. The summed E-state index contributed by atoms with van der Waals surface area (Å²) in [7, 11) is 0. The minimum atomic E-state index is 0.668. The lowest BCUT2D eigenvalue weighted by Crippen LogP contribution is -1.98. The minimum Gasteiger partial charge on any atom is -0.378 e. The van der Waals surface area contributed by atoms with E-state index in [-0.39, 0.29) is 0 Å². The van der Waals surface area contributed by atoms with Crippen molar-refractivity contribution in [2.45, 2.75) is 6.54 Å².